The zero-order valence-corrected chi connectivity index (χ0v) is 11.0. The van der Waals surface area contributed by atoms with Gasteiger partial charge in [-0.3, -0.25) is 4.98 Å². The lowest BCUT2D eigenvalue weighted by Crippen LogP contribution is -2.13. The number of aromatic nitrogens is 1. The van der Waals surface area contributed by atoms with Crippen LogP contribution in [0.4, 0.5) is 0 Å². The van der Waals surface area contributed by atoms with Gasteiger partial charge in [-0.25, -0.2) is 0 Å². The van der Waals surface area contributed by atoms with E-state index in [2.05, 4.69) is 20.9 Å². The zero-order chi connectivity index (χ0) is 11.4. The van der Waals surface area contributed by atoms with Gasteiger partial charge in [0.1, 0.15) is 0 Å². The number of thiophene rings is 1. The van der Waals surface area contributed by atoms with Crippen LogP contribution < -0.4 is 0 Å². The van der Waals surface area contributed by atoms with Crippen LogP contribution >= 0.6 is 27.3 Å². The minimum absolute atomic E-state index is 0.338. The minimum atomic E-state index is -0.338. The summed E-state index contributed by atoms with van der Waals surface area (Å²) in [6.07, 6.45) is 4.56. The van der Waals surface area contributed by atoms with Crippen molar-refractivity contribution in [3.63, 3.8) is 0 Å². The van der Waals surface area contributed by atoms with E-state index in [4.69, 9.17) is 0 Å². The Morgan fingerprint density at radius 3 is 2.94 bits per heavy atom. The molecular formula is C12H12BrNOS. The molecule has 0 aliphatic rings. The lowest BCUT2D eigenvalue weighted by Gasteiger charge is -2.09. The van der Waals surface area contributed by atoms with Crippen molar-refractivity contribution >= 4 is 27.3 Å². The molecule has 0 aliphatic carbocycles. The molecule has 0 spiro atoms. The van der Waals surface area contributed by atoms with E-state index in [9.17, 15) is 5.11 Å². The second-order valence-corrected chi connectivity index (χ2v) is 5.60. The lowest BCUT2D eigenvalue weighted by molar-refractivity contribution is 0.176. The summed E-state index contributed by atoms with van der Waals surface area (Å²) in [7, 11) is 0. The van der Waals surface area contributed by atoms with Crippen molar-refractivity contribution < 1.29 is 5.11 Å². The summed E-state index contributed by atoms with van der Waals surface area (Å²) < 4.78 is 0.952. The first kappa shape index (κ1) is 11.8. The normalized spacial score (nSPS) is 12.6. The van der Waals surface area contributed by atoms with Gasteiger partial charge in [0.25, 0.3) is 0 Å². The third kappa shape index (κ3) is 3.40. The Morgan fingerprint density at radius 1 is 1.38 bits per heavy atom. The summed E-state index contributed by atoms with van der Waals surface area (Å²) in [5.41, 5.74) is 1.05. The summed E-state index contributed by atoms with van der Waals surface area (Å²) in [6, 6.07) is 6.05. The highest BCUT2D eigenvalue weighted by atomic mass is 79.9. The van der Waals surface area contributed by atoms with Crippen LogP contribution in [0.15, 0.2) is 40.4 Å². The van der Waals surface area contributed by atoms with Crippen LogP contribution in [0.2, 0.25) is 0 Å². The van der Waals surface area contributed by atoms with Gasteiger partial charge in [-0.05, 0) is 39.0 Å². The molecule has 0 aliphatic heterocycles. The number of pyridine rings is 1. The number of aliphatic hydroxyl groups is 1. The third-order valence-electron chi connectivity index (χ3n) is 2.25. The Hall–Kier alpha value is -0.710. The smallest absolute Gasteiger partial charge is 0.0629 e. The number of rotatable bonds is 4. The van der Waals surface area contributed by atoms with Crippen LogP contribution in [0.25, 0.3) is 0 Å². The average molecular weight is 298 g/mol. The van der Waals surface area contributed by atoms with Crippen LogP contribution in [0.1, 0.15) is 10.4 Å². The summed E-state index contributed by atoms with van der Waals surface area (Å²) >= 11 is 5.05. The van der Waals surface area contributed by atoms with Gasteiger partial charge in [0.05, 0.1) is 6.10 Å². The Labute approximate surface area is 107 Å². The molecular weight excluding hydrogens is 286 g/mol. The van der Waals surface area contributed by atoms with E-state index in [0.717, 1.165) is 10.0 Å². The number of halogens is 1. The molecule has 84 valence electrons. The lowest BCUT2D eigenvalue weighted by atomic mass is 10.1. The molecule has 2 heterocycles. The maximum Gasteiger partial charge on any atom is 0.0629 e. The number of nitrogens with zero attached hydrogens (tertiary/aromatic N) is 1. The molecule has 2 aromatic rings. The predicted octanol–water partition coefficient (Wildman–Crippen LogP) is 3.05. The van der Waals surface area contributed by atoms with Crippen LogP contribution in [-0.2, 0) is 12.8 Å². The minimum Gasteiger partial charge on any atom is -0.392 e. The predicted molar refractivity (Wildman–Crippen MR) is 69.7 cm³/mol. The first-order valence-corrected chi connectivity index (χ1v) is 6.71. The fourth-order valence-electron chi connectivity index (χ4n) is 1.57. The summed E-state index contributed by atoms with van der Waals surface area (Å²) in [6.45, 7) is 0. The first-order chi connectivity index (χ1) is 7.74. The largest absolute Gasteiger partial charge is 0.392 e. The zero-order valence-electron chi connectivity index (χ0n) is 8.64. The summed E-state index contributed by atoms with van der Waals surface area (Å²) in [5.74, 6) is 0. The molecule has 2 aromatic heterocycles. The SMILES string of the molecule is OC(Cc1cncc(Br)c1)Cc1cccs1. The molecule has 0 saturated heterocycles. The van der Waals surface area contributed by atoms with Crippen LogP contribution in [0.5, 0.6) is 0 Å². The molecule has 2 nitrogen and oxygen atoms in total. The Morgan fingerprint density at radius 2 is 2.25 bits per heavy atom. The van der Waals surface area contributed by atoms with Gasteiger partial charge >= 0.3 is 0 Å². The number of hydrogen-bond donors (Lipinski definition) is 1. The highest BCUT2D eigenvalue weighted by Gasteiger charge is 2.08. The summed E-state index contributed by atoms with van der Waals surface area (Å²) in [5, 5.41) is 12.0. The highest BCUT2D eigenvalue weighted by Crippen LogP contribution is 2.15. The van der Waals surface area contributed by atoms with Gasteiger partial charge in [-0.2, -0.15) is 0 Å². The monoisotopic (exact) mass is 297 g/mol. The van der Waals surface area contributed by atoms with Crippen LogP contribution in [0, 0.1) is 0 Å². The van der Waals surface area contributed by atoms with Crippen molar-refractivity contribution in [2.24, 2.45) is 0 Å². The van der Waals surface area contributed by atoms with Crippen LogP contribution in [-0.4, -0.2) is 16.2 Å². The molecule has 4 heteroatoms. The fourth-order valence-corrected chi connectivity index (χ4v) is 2.76. The molecule has 2 rings (SSSR count). The average Bonchev–Trinajstić information content (AvgIpc) is 2.70. The van der Waals surface area contributed by atoms with E-state index in [-0.39, 0.29) is 6.10 Å². The van der Waals surface area contributed by atoms with Crippen molar-refractivity contribution in [1.29, 1.82) is 0 Å². The quantitative estimate of drug-likeness (QED) is 0.941. The molecule has 0 amide bonds. The van der Waals surface area contributed by atoms with E-state index in [0.29, 0.717) is 12.8 Å². The van der Waals surface area contributed by atoms with Crippen molar-refractivity contribution in [3.05, 3.63) is 50.9 Å². The molecule has 1 atom stereocenters. The van der Waals surface area contributed by atoms with Crippen molar-refractivity contribution in [2.75, 3.05) is 0 Å². The number of aliphatic hydroxyl groups excluding tert-OH is 1. The Balaban J connectivity index is 1.94. The van der Waals surface area contributed by atoms with Gasteiger partial charge in [-0.1, -0.05) is 6.07 Å². The van der Waals surface area contributed by atoms with E-state index in [1.165, 1.54) is 4.88 Å². The molecule has 1 unspecified atom stereocenters. The third-order valence-corrected chi connectivity index (χ3v) is 3.58. The molecule has 0 saturated carbocycles. The van der Waals surface area contributed by atoms with Crippen LogP contribution in [0.3, 0.4) is 0 Å². The molecule has 0 aromatic carbocycles. The molecule has 0 fully saturated rings. The van der Waals surface area contributed by atoms with Crippen molar-refractivity contribution in [2.45, 2.75) is 18.9 Å². The second-order valence-electron chi connectivity index (χ2n) is 3.65. The van der Waals surface area contributed by atoms with Crippen molar-refractivity contribution in [1.82, 2.24) is 4.98 Å². The molecule has 1 N–H and O–H groups in total. The Bertz CT molecular complexity index is 444. The van der Waals surface area contributed by atoms with E-state index in [1.54, 1.807) is 23.7 Å². The maximum absolute atomic E-state index is 9.93. The van der Waals surface area contributed by atoms with Gasteiger partial charge in [-0.15, -0.1) is 11.3 Å². The fraction of sp³-hybridized carbons (Fsp3) is 0.250. The van der Waals surface area contributed by atoms with Gasteiger partial charge in [0.2, 0.25) is 0 Å². The van der Waals surface area contributed by atoms with Crippen molar-refractivity contribution in [3.8, 4) is 0 Å². The molecule has 0 radical (unpaired) electrons. The van der Waals surface area contributed by atoms with Gasteiger partial charge in [0.15, 0.2) is 0 Å². The summed E-state index contributed by atoms with van der Waals surface area (Å²) in [4.78, 5) is 5.30. The van der Waals surface area contributed by atoms with Gasteiger partial charge < -0.3 is 5.11 Å². The second kappa shape index (κ2) is 5.57. The maximum atomic E-state index is 9.93. The molecule has 16 heavy (non-hydrogen) atoms. The number of hydrogen-bond acceptors (Lipinski definition) is 3. The molecule has 0 bridgehead atoms. The standard InChI is InChI=1S/C12H12BrNOS/c13-10-4-9(7-14-8-10)5-11(15)6-12-2-1-3-16-12/h1-4,7-8,11,15H,5-6H2. The van der Waals surface area contributed by atoms with E-state index >= 15 is 0 Å². The first-order valence-electron chi connectivity index (χ1n) is 5.04. The topological polar surface area (TPSA) is 33.1 Å². The Kier molecular flexibility index (Phi) is 4.09. The van der Waals surface area contributed by atoms with E-state index in [1.807, 2.05) is 23.6 Å². The highest BCUT2D eigenvalue weighted by molar-refractivity contribution is 9.10. The van der Waals surface area contributed by atoms with E-state index < -0.39 is 0 Å². The van der Waals surface area contributed by atoms with Gasteiger partial charge in [0, 0.05) is 34.6 Å².